The predicted octanol–water partition coefficient (Wildman–Crippen LogP) is 3.90. The lowest BCUT2D eigenvalue weighted by molar-refractivity contribution is -0.126. The molecule has 4 aromatic rings. The van der Waals surface area contributed by atoms with Gasteiger partial charge in [0.2, 0.25) is 5.91 Å². The maximum absolute atomic E-state index is 13.2. The molecule has 2 heterocycles. The number of rotatable bonds is 7. The van der Waals surface area contributed by atoms with E-state index in [0.29, 0.717) is 48.3 Å². The Morgan fingerprint density at radius 2 is 1.89 bits per heavy atom. The normalized spacial score (nSPS) is 11.1. The lowest BCUT2D eigenvalue weighted by atomic mass is 10.1. The first-order valence-electron chi connectivity index (χ1n) is 11.0. The minimum absolute atomic E-state index is 0.0486. The van der Waals surface area contributed by atoms with Crippen molar-refractivity contribution in [3.05, 3.63) is 84.0 Å². The van der Waals surface area contributed by atoms with Gasteiger partial charge in [-0.2, -0.15) is 8.42 Å². The molecule has 0 aliphatic rings. The Hall–Kier alpha value is -4.00. The van der Waals surface area contributed by atoms with Gasteiger partial charge >= 0.3 is 0 Å². The van der Waals surface area contributed by atoms with Crippen molar-refractivity contribution in [2.75, 3.05) is 18.5 Å². The first-order chi connectivity index (χ1) is 17.9. The van der Waals surface area contributed by atoms with E-state index in [9.17, 15) is 22.7 Å². The Balaban J connectivity index is 0.000000732. The molecule has 38 heavy (non-hydrogen) atoms. The fourth-order valence-corrected chi connectivity index (χ4v) is 3.77. The number of nitrogen functional groups attached to an aromatic ring is 1. The third kappa shape index (κ3) is 7.51. The van der Waals surface area contributed by atoms with Crippen LogP contribution >= 0.6 is 11.6 Å². The van der Waals surface area contributed by atoms with E-state index in [0.717, 1.165) is 11.1 Å². The summed E-state index contributed by atoms with van der Waals surface area (Å²) in [5.41, 5.74) is 8.98. The molecule has 0 bridgehead atoms. The Kier molecular flexibility index (Phi) is 9.04. The van der Waals surface area contributed by atoms with Crippen molar-refractivity contribution >= 4 is 44.5 Å². The van der Waals surface area contributed by atoms with Crippen LogP contribution in [0.5, 0.6) is 5.75 Å². The smallest absolute Gasteiger partial charge is 0.261 e. The topological polar surface area (TPSA) is 152 Å². The monoisotopic (exact) mass is 561 g/mol. The molecule has 2 aromatic heterocycles. The first-order valence-corrected chi connectivity index (χ1v) is 13.3. The van der Waals surface area contributed by atoms with E-state index in [1.54, 1.807) is 35.2 Å². The zero-order chi connectivity index (χ0) is 28.0. The van der Waals surface area contributed by atoms with E-state index < -0.39 is 10.1 Å². The van der Waals surface area contributed by atoms with Crippen molar-refractivity contribution in [3.8, 4) is 16.9 Å². The van der Waals surface area contributed by atoms with Crippen LogP contribution in [0.15, 0.2) is 67.6 Å². The second-order valence-corrected chi connectivity index (χ2v) is 10.1. The summed E-state index contributed by atoms with van der Waals surface area (Å²) in [6.07, 6.45) is 5.20. The Labute approximate surface area is 223 Å². The van der Waals surface area contributed by atoms with Crippen molar-refractivity contribution in [3.63, 3.8) is 0 Å². The number of hydrogen-bond donors (Lipinski definition) is 3. The van der Waals surface area contributed by atoms with Crippen molar-refractivity contribution in [1.82, 2.24) is 19.4 Å². The van der Waals surface area contributed by atoms with Gasteiger partial charge in [-0.15, -0.1) is 0 Å². The first kappa shape index (κ1) is 28.6. The van der Waals surface area contributed by atoms with Crippen LogP contribution in [-0.4, -0.2) is 56.2 Å². The molecule has 0 saturated heterocycles. The van der Waals surface area contributed by atoms with Crippen LogP contribution in [0.3, 0.4) is 0 Å². The molecule has 0 aliphatic carbocycles. The summed E-state index contributed by atoms with van der Waals surface area (Å²) in [6, 6.07) is 10.9. The average molecular weight is 562 g/mol. The largest absolute Gasteiger partial charge is 0.506 e. The van der Waals surface area contributed by atoms with Gasteiger partial charge in [0.15, 0.2) is 0 Å². The number of aromatic hydroxyl groups is 1. The molecule has 13 heteroatoms. The molecule has 1 amide bonds. The molecule has 0 radical (unpaired) electrons. The number of nitrogens with two attached hydrogens (primary N) is 1. The molecule has 4 N–H and O–H groups in total. The molecule has 0 atom stereocenters. The van der Waals surface area contributed by atoms with Crippen molar-refractivity contribution in [2.24, 2.45) is 0 Å². The Morgan fingerprint density at radius 3 is 2.50 bits per heavy atom. The number of benzene rings is 2. The molecule has 2 aromatic carbocycles. The number of hydrogen-bond acceptors (Lipinski definition) is 7. The van der Waals surface area contributed by atoms with Crippen LogP contribution in [-0.2, 0) is 28.0 Å². The van der Waals surface area contributed by atoms with Crippen molar-refractivity contribution in [2.45, 2.75) is 13.1 Å². The number of halogens is 2. The minimum atomic E-state index is -3.67. The highest BCUT2D eigenvalue weighted by molar-refractivity contribution is 7.85. The van der Waals surface area contributed by atoms with Gasteiger partial charge in [-0.05, 0) is 41.5 Å². The highest BCUT2D eigenvalue weighted by Crippen LogP contribution is 2.36. The number of anilines is 1. The number of nitrogens with zero attached hydrogens (tertiary/aromatic N) is 4. The molecule has 0 spiro atoms. The van der Waals surface area contributed by atoms with Gasteiger partial charge in [0.05, 0.1) is 16.7 Å². The number of carbonyl (C=O) groups excluding carboxylic acids is 1. The predicted molar refractivity (Wildman–Crippen MR) is 144 cm³/mol. The lowest BCUT2D eigenvalue weighted by Crippen LogP contribution is -2.32. The molecule has 4 rings (SSSR count). The minimum Gasteiger partial charge on any atom is -0.506 e. The van der Waals surface area contributed by atoms with Gasteiger partial charge in [0.1, 0.15) is 29.4 Å². The summed E-state index contributed by atoms with van der Waals surface area (Å²) >= 11 is 5.96. The number of phenols is 1. The summed E-state index contributed by atoms with van der Waals surface area (Å²) in [5.74, 6) is -0.328. The number of phenolic OH excluding ortho intramolecular Hbond substituents is 1. The highest BCUT2D eigenvalue weighted by Gasteiger charge is 2.18. The maximum Gasteiger partial charge on any atom is 0.261 e. The van der Waals surface area contributed by atoms with Gasteiger partial charge in [0.25, 0.3) is 10.1 Å². The summed E-state index contributed by atoms with van der Waals surface area (Å²) in [5, 5.41) is 10.9. The van der Waals surface area contributed by atoms with E-state index in [4.69, 9.17) is 21.9 Å². The summed E-state index contributed by atoms with van der Waals surface area (Å²) in [4.78, 5) is 22.6. The number of amides is 1. The van der Waals surface area contributed by atoms with Gasteiger partial charge in [0, 0.05) is 31.4 Å². The zero-order valence-corrected chi connectivity index (χ0v) is 21.8. The Morgan fingerprint density at radius 1 is 1.24 bits per heavy atom. The fourth-order valence-electron chi connectivity index (χ4n) is 3.65. The van der Waals surface area contributed by atoms with E-state index >= 15 is 0 Å². The van der Waals surface area contributed by atoms with Gasteiger partial charge in [-0.1, -0.05) is 36.4 Å². The standard InChI is InChI=1S/C24H21ClFN5O2.CH4O3S/c1-2-21(33)30(12-15-3-6-17(26)7-4-15)9-10-31-13-18(16-5-8-19(25)20(32)11-16)22-23(27)28-14-29-24(22)31;1-5(2,3)4/h2-8,11,13-14,32H,1,9-10,12H2,(H2,27,28,29);1H3,(H,2,3,4). The molecule has 200 valence electrons. The average Bonchev–Trinajstić information content (AvgIpc) is 3.23. The van der Waals surface area contributed by atoms with E-state index in [1.165, 1.54) is 24.5 Å². The lowest BCUT2D eigenvalue weighted by Gasteiger charge is -2.22. The van der Waals surface area contributed by atoms with Crippen LogP contribution in [0.2, 0.25) is 5.02 Å². The third-order valence-electron chi connectivity index (χ3n) is 5.32. The summed E-state index contributed by atoms with van der Waals surface area (Å²) < 4.78 is 41.0. The van der Waals surface area contributed by atoms with Crippen molar-refractivity contribution < 1.29 is 27.3 Å². The number of carbonyl (C=O) groups is 1. The quantitative estimate of drug-likeness (QED) is 0.227. The number of aromatic nitrogens is 3. The fraction of sp³-hybridized carbons (Fsp3) is 0.160. The van der Waals surface area contributed by atoms with Crippen LogP contribution < -0.4 is 5.73 Å². The molecule has 0 aliphatic heterocycles. The summed E-state index contributed by atoms with van der Waals surface area (Å²) in [6.45, 7) is 4.65. The maximum atomic E-state index is 13.2. The van der Waals surface area contributed by atoms with Crippen molar-refractivity contribution in [1.29, 1.82) is 0 Å². The molecular formula is C25H25ClFN5O5S. The Bertz CT molecular complexity index is 1570. The van der Waals surface area contributed by atoms with E-state index in [2.05, 4.69) is 16.5 Å². The molecular weight excluding hydrogens is 537 g/mol. The van der Waals surface area contributed by atoms with Gasteiger partial charge in [-0.3, -0.25) is 9.35 Å². The van der Waals surface area contributed by atoms with Crippen LogP contribution in [0.25, 0.3) is 22.2 Å². The van der Waals surface area contributed by atoms with Gasteiger partial charge < -0.3 is 20.3 Å². The number of fused-ring (bicyclic) bond motifs is 1. The molecule has 10 nitrogen and oxygen atoms in total. The van der Waals surface area contributed by atoms with E-state index in [1.807, 2.05) is 10.8 Å². The van der Waals surface area contributed by atoms with Crippen LogP contribution in [0, 0.1) is 5.82 Å². The highest BCUT2D eigenvalue weighted by atomic mass is 35.5. The van der Waals surface area contributed by atoms with E-state index in [-0.39, 0.29) is 22.5 Å². The zero-order valence-electron chi connectivity index (χ0n) is 20.3. The van der Waals surface area contributed by atoms with Gasteiger partial charge in [-0.25, -0.2) is 14.4 Å². The van der Waals surface area contributed by atoms with Crippen LogP contribution in [0.1, 0.15) is 5.56 Å². The second kappa shape index (κ2) is 12.0. The summed E-state index contributed by atoms with van der Waals surface area (Å²) in [7, 11) is -3.67. The molecule has 0 unspecified atom stereocenters. The van der Waals surface area contributed by atoms with Crippen LogP contribution in [0.4, 0.5) is 10.2 Å². The SMILES string of the molecule is C=CC(=O)N(CCn1cc(-c2ccc(Cl)c(O)c2)c2c(N)ncnc21)Cc1ccc(F)cc1.CS(=O)(=O)O. The second-order valence-electron chi connectivity index (χ2n) is 8.18. The molecule has 0 fully saturated rings. The molecule has 0 saturated carbocycles. The third-order valence-corrected chi connectivity index (χ3v) is 5.64.